The van der Waals surface area contributed by atoms with Crippen molar-refractivity contribution >= 4 is 17.7 Å². The summed E-state index contributed by atoms with van der Waals surface area (Å²) in [4.78, 5) is 34.1. The van der Waals surface area contributed by atoms with E-state index >= 15 is 0 Å². The van der Waals surface area contributed by atoms with Gasteiger partial charge in [-0.15, -0.1) is 5.10 Å². The summed E-state index contributed by atoms with van der Waals surface area (Å²) >= 11 is 0. The van der Waals surface area contributed by atoms with Crippen molar-refractivity contribution < 1.29 is 4.79 Å². The lowest BCUT2D eigenvalue weighted by Gasteiger charge is -2.30. The zero-order valence-electron chi connectivity index (χ0n) is 15.3. The van der Waals surface area contributed by atoms with Crippen molar-refractivity contribution in [3.8, 4) is 5.69 Å². The highest BCUT2D eigenvalue weighted by Gasteiger charge is 2.34. The van der Waals surface area contributed by atoms with Gasteiger partial charge in [0, 0.05) is 25.2 Å². The fourth-order valence-corrected chi connectivity index (χ4v) is 4.10. The van der Waals surface area contributed by atoms with Gasteiger partial charge in [-0.3, -0.25) is 14.7 Å². The number of nitrogens with zero attached hydrogens (tertiary/aromatic N) is 6. The summed E-state index contributed by atoms with van der Waals surface area (Å²) in [6, 6.07) is 7.72. The Labute approximate surface area is 156 Å². The Bertz CT molecular complexity index is 996. The van der Waals surface area contributed by atoms with Crippen molar-refractivity contribution in [3.63, 3.8) is 0 Å². The molecule has 0 unspecified atom stereocenters. The van der Waals surface area contributed by atoms with Crippen molar-refractivity contribution in [1.29, 1.82) is 0 Å². The van der Waals surface area contributed by atoms with Crippen molar-refractivity contribution in [2.45, 2.75) is 26.3 Å². The Hall–Kier alpha value is -2.90. The van der Waals surface area contributed by atoms with Crippen molar-refractivity contribution in [2.75, 3.05) is 31.1 Å². The molecule has 0 atom stereocenters. The zero-order chi connectivity index (χ0) is 18.5. The van der Waals surface area contributed by atoms with Crippen LogP contribution >= 0.6 is 0 Å². The van der Waals surface area contributed by atoms with Crippen molar-refractivity contribution in [1.82, 2.24) is 19.2 Å². The highest BCUT2D eigenvalue weighted by atomic mass is 16.2. The molecule has 8 nitrogen and oxygen atoms in total. The van der Waals surface area contributed by atoms with Crippen LogP contribution in [0.5, 0.6) is 0 Å². The first kappa shape index (κ1) is 16.3. The number of carbonyl (C=O) groups is 1. The maximum Gasteiger partial charge on any atom is 0.352 e. The SMILES string of the molecule is CC1CCN(C(=O)Cn2nc3n(c2=O)-c2ccccc2C2=NCCN23)CC1. The first-order chi connectivity index (χ1) is 13.1. The number of fused-ring (bicyclic) bond motifs is 6. The van der Waals surface area contributed by atoms with E-state index in [4.69, 9.17) is 0 Å². The Kier molecular flexibility index (Phi) is 3.66. The van der Waals surface area contributed by atoms with Crippen LogP contribution in [0.1, 0.15) is 25.3 Å². The smallest absolute Gasteiger partial charge is 0.341 e. The Balaban J connectivity index is 1.51. The number of rotatable bonds is 2. The monoisotopic (exact) mass is 366 g/mol. The highest BCUT2D eigenvalue weighted by Crippen LogP contribution is 2.29. The molecule has 8 heteroatoms. The van der Waals surface area contributed by atoms with E-state index < -0.39 is 0 Å². The summed E-state index contributed by atoms with van der Waals surface area (Å²) in [6.45, 7) is 5.08. The lowest BCUT2D eigenvalue weighted by Crippen LogP contribution is -2.41. The van der Waals surface area contributed by atoms with Gasteiger partial charge in [0.2, 0.25) is 11.9 Å². The van der Waals surface area contributed by atoms with Gasteiger partial charge in [0.15, 0.2) is 0 Å². The molecule has 1 aromatic heterocycles. The number of likely N-dealkylation sites (tertiary alicyclic amines) is 1. The number of amides is 1. The predicted octanol–water partition coefficient (Wildman–Crippen LogP) is 0.873. The van der Waals surface area contributed by atoms with E-state index in [9.17, 15) is 9.59 Å². The van der Waals surface area contributed by atoms with Gasteiger partial charge in [-0.25, -0.2) is 14.0 Å². The first-order valence-corrected chi connectivity index (χ1v) is 9.53. The second kappa shape index (κ2) is 6.07. The van der Waals surface area contributed by atoms with Crippen LogP contribution in [0.4, 0.5) is 5.95 Å². The Morgan fingerprint density at radius 3 is 2.78 bits per heavy atom. The van der Waals surface area contributed by atoms with E-state index in [1.807, 2.05) is 34.1 Å². The molecule has 0 aliphatic carbocycles. The highest BCUT2D eigenvalue weighted by molar-refractivity contribution is 6.14. The van der Waals surface area contributed by atoms with Crippen LogP contribution in [0.3, 0.4) is 0 Å². The largest absolute Gasteiger partial charge is 0.352 e. The summed E-state index contributed by atoms with van der Waals surface area (Å²) in [7, 11) is 0. The third-order valence-corrected chi connectivity index (χ3v) is 5.71. The molecule has 3 aliphatic heterocycles. The van der Waals surface area contributed by atoms with E-state index in [0.717, 1.165) is 43.0 Å². The number of piperidine rings is 1. The van der Waals surface area contributed by atoms with E-state index in [0.29, 0.717) is 25.0 Å². The summed E-state index contributed by atoms with van der Waals surface area (Å²) in [5.74, 6) is 2.02. The molecule has 27 heavy (non-hydrogen) atoms. The number of aliphatic imine (C=N–C) groups is 1. The standard InChI is InChI=1S/C19H22N6O2/c1-13-6-9-22(10-7-13)16(26)12-24-19(27)25-15-5-3-2-4-14(15)17-20-8-11-23(17)18(25)21-24/h2-5,13H,6-12H2,1H3. The zero-order valence-corrected chi connectivity index (χ0v) is 15.3. The molecular weight excluding hydrogens is 344 g/mol. The molecular formula is C19H22N6O2. The van der Waals surface area contributed by atoms with Crippen LogP contribution in [-0.4, -0.2) is 57.2 Å². The summed E-state index contributed by atoms with van der Waals surface area (Å²) in [5, 5.41) is 4.51. The number of hydrogen-bond acceptors (Lipinski definition) is 5. The van der Waals surface area contributed by atoms with Gasteiger partial charge in [-0.2, -0.15) is 0 Å². The number of hydrogen-bond donors (Lipinski definition) is 0. The summed E-state index contributed by atoms with van der Waals surface area (Å²) in [6.07, 6.45) is 2.03. The molecule has 0 radical (unpaired) electrons. The minimum atomic E-state index is -0.276. The van der Waals surface area contributed by atoms with E-state index in [1.54, 1.807) is 4.57 Å². The first-order valence-electron chi connectivity index (χ1n) is 9.53. The lowest BCUT2D eigenvalue weighted by atomic mass is 9.99. The molecule has 0 spiro atoms. The number of anilines is 1. The maximum atomic E-state index is 13.1. The molecule has 1 saturated heterocycles. The molecule has 140 valence electrons. The number of carbonyl (C=O) groups excluding carboxylic acids is 1. The average molecular weight is 366 g/mol. The van der Waals surface area contributed by atoms with Crippen molar-refractivity contribution in [3.05, 3.63) is 40.3 Å². The fraction of sp³-hybridized carbons (Fsp3) is 0.474. The molecule has 4 heterocycles. The molecule has 1 amide bonds. The van der Waals surface area contributed by atoms with Crippen LogP contribution in [0.25, 0.3) is 5.69 Å². The normalized spacial score (nSPS) is 18.8. The van der Waals surface area contributed by atoms with E-state index in [1.165, 1.54) is 4.68 Å². The number of aromatic nitrogens is 3. The minimum absolute atomic E-state index is 0.0182. The summed E-state index contributed by atoms with van der Waals surface area (Å²) < 4.78 is 2.90. The Morgan fingerprint density at radius 2 is 1.96 bits per heavy atom. The third kappa shape index (κ3) is 2.50. The van der Waals surface area contributed by atoms with Crippen LogP contribution in [0.2, 0.25) is 0 Å². The average Bonchev–Trinajstić information content (AvgIpc) is 3.28. The van der Waals surface area contributed by atoms with Gasteiger partial charge in [-0.05, 0) is 30.9 Å². The number of para-hydroxylation sites is 1. The second-order valence-electron chi connectivity index (χ2n) is 7.51. The van der Waals surface area contributed by atoms with Crippen molar-refractivity contribution in [2.24, 2.45) is 10.9 Å². The maximum absolute atomic E-state index is 13.1. The van der Waals surface area contributed by atoms with Gasteiger partial charge in [-0.1, -0.05) is 19.1 Å². The van der Waals surface area contributed by atoms with E-state index in [-0.39, 0.29) is 18.1 Å². The van der Waals surface area contributed by atoms with Crippen LogP contribution in [-0.2, 0) is 11.3 Å². The summed E-state index contributed by atoms with van der Waals surface area (Å²) in [5.41, 5.74) is 1.43. The van der Waals surface area contributed by atoms with Crippen LogP contribution in [0, 0.1) is 5.92 Å². The molecule has 0 N–H and O–H groups in total. The van der Waals surface area contributed by atoms with Gasteiger partial charge >= 0.3 is 5.69 Å². The van der Waals surface area contributed by atoms with E-state index in [2.05, 4.69) is 17.0 Å². The quantitative estimate of drug-likeness (QED) is 0.790. The topological polar surface area (TPSA) is 75.7 Å². The number of benzene rings is 1. The van der Waals surface area contributed by atoms with Crippen LogP contribution < -0.4 is 10.6 Å². The molecule has 5 rings (SSSR count). The van der Waals surface area contributed by atoms with Gasteiger partial charge in [0.1, 0.15) is 12.4 Å². The third-order valence-electron chi connectivity index (χ3n) is 5.71. The Morgan fingerprint density at radius 1 is 1.19 bits per heavy atom. The van der Waals surface area contributed by atoms with Gasteiger partial charge in [0.05, 0.1) is 12.2 Å². The molecule has 0 saturated carbocycles. The second-order valence-corrected chi connectivity index (χ2v) is 7.51. The molecule has 3 aliphatic rings. The lowest BCUT2D eigenvalue weighted by molar-refractivity contribution is -0.133. The van der Waals surface area contributed by atoms with Gasteiger partial charge < -0.3 is 4.90 Å². The molecule has 0 bridgehead atoms. The van der Waals surface area contributed by atoms with Gasteiger partial charge in [0.25, 0.3) is 0 Å². The fourth-order valence-electron chi connectivity index (χ4n) is 4.10. The molecule has 1 fully saturated rings. The molecule has 1 aromatic carbocycles. The minimum Gasteiger partial charge on any atom is -0.341 e. The molecule has 2 aromatic rings. The predicted molar refractivity (Wildman–Crippen MR) is 102 cm³/mol. The van der Waals surface area contributed by atoms with Crippen LogP contribution in [0.15, 0.2) is 34.1 Å². The number of amidine groups is 1.